The van der Waals surface area contributed by atoms with Crippen LogP contribution in [-0.4, -0.2) is 104 Å². The maximum Gasteiger partial charge on any atom is 0.371 e. The van der Waals surface area contributed by atoms with Gasteiger partial charge in [-0.2, -0.15) is 10.2 Å². The number of aliphatic imine (C=N–C) groups is 1. The number of benzene rings is 1. The van der Waals surface area contributed by atoms with E-state index in [1.54, 1.807) is 16.8 Å². The maximum absolute atomic E-state index is 12.7. The van der Waals surface area contributed by atoms with Crippen molar-refractivity contribution in [2.24, 2.45) is 4.99 Å². The zero-order chi connectivity index (χ0) is 37.5. The lowest BCUT2D eigenvalue weighted by atomic mass is 10.1. The minimum Gasteiger partial charge on any atom is -0.383 e. The number of nitrogens with one attached hydrogen (secondary N) is 1. The molecule has 5 aromatic rings. The van der Waals surface area contributed by atoms with E-state index in [4.69, 9.17) is 15.6 Å². The highest BCUT2D eigenvalue weighted by Crippen LogP contribution is 2.34. The van der Waals surface area contributed by atoms with Crippen LogP contribution >= 0.6 is 0 Å². The van der Waals surface area contributed by atoms with Crippen molar-refractivity contribution in [1.82, 2.24) is 45.0 Å². The predicted octanol–water partition coefficient (Wildman–Crippen LogP) is 1.47. The summed E-state index contributed by atoms with van der Waals surface area (Å²) < 4.78 is 50.4. The lowest BCUT2D eigenvalue weighted by Gasteiger charge is -2.11. The number of pyridine rings is 1. The molecule has 4 aromatic heterocycles. The summed E-state index contributed by atoms with van der Waals surface area (Å²) in [4.78, 5) is 40.4. The summed E-state index contributed by atoms with van der Waals surface area (Å²) in [6.07, 6.45) is 3.44. The molecule has 8 rings (SSSR count). The summed E-state index contributed by atoms with van der Waals surface area (Å²) in [6.45, 7) is 4.07. The molecule has 20 heteroatoms. The Bertz CT molecular complexity index is 2470. The highest BCUT2D eigenvalue weighted by Gasteiger charge is 2.36. The smallest absolute Gasteiger partial charge is 0.371 e. The van der Waals surface area contributed by atoms with Gasteiger partial charge in [-0.15, -0.1) is 5.10 Å². The fourth-order valence-corrected chi connectivity index (χ4v) is 10.0. The van der Waals surface area contributed by atoms with Gasteiger partial charge in [-0.05, 0) is 53.4 Å². The van der Waals surface area contributed by atoms with Crippen molar-refractivity contribution >= 4 is 60.1 Å². The van der Waals surface area contributed by atoms with Gasteiger partial charge >= 0.3 is 5.97 Å². The van der Waals surface area contributed by atoms with E-state index in [1.165, 1.54) is 10.9 Å². The molecule has 3 aliphatic rings. The second kappa shape index (κ2) is 14.1. The van der Waals surface area contributed by atoms with Crippen LogP contribution in [0.4, 0.5) is 11.6 Å². The molecule has 0 radical (unpaired) electrons. The number of nitrogens with two attached hydrogens (primary N) is 1. The Balaban J connectivity index is 0.000000164. The van der Waals surface area contributed by atoms with Gasteiger partial charge < -0.3 is 15.9 Å². The SMILES string of the molecule is CCc1nn(C2CCS(=O)(=O)C2)c(N)c1C(=O)On1nnc2cccnc21.CCc1nn(C2CCS(=O)(=O)C2)c2c1C(=O)NCC(c1ccccc1)=N2. The lowest BCUT2D eigenvalue weighted by Crippen LogP contribution is -2.28. The van der Waals surface area contributed by atoms with Crippen molar-refractivity contribution < 1.29 is 31.3 Å². The second-order valence-corrected chi connectivity index (χ2v) is 17.3. The zero-order valence-corrected chi connectivity index (χ0v) is 30.5. The topological polar surface area (TPSA) is 241 Å². The first-order chi connectivity index (χ1) is 25.4. The summed E-state index contributed by atoms with van der Waals surface area (Å²) in [5, 5.41) is 19.5. The number of amides is 1. The van der Waals surface area contributed by atoms with Crippen molar-refractivity contribution in [2.75, 3.05) is 35.3 Å². The monoisotopic (exact) mass is 763 g/mol. The highest BCUT2D eigenvalue weighted by molar-refractivity contribution is 7.91. The molecule has 1 amide bonds. The van der Waals surface area contributed by atoms with Gasteiger partial charge in [0.2, 0.25) is 5.65 Å². The lowest BCUT2D eigenvalue weighted by molar-refractivity contribution is 0.0405. The molecule has 2 atom stereocenters. The number of aromatic nitrogens is 8. The molecule has 3 aliphatic heterocycles. The molecular weight excluding hydrogens is 727 g/mol. The average Bonchev–Trinajstić information content (AvgIpc) is 3.95. The first kappa shape index (κ1) is 35.9. The van der Waals surface area contributed by atoms with Crippen molar-refractivity contribution in [3.05, 3.63) is 76.7 Å². The van der Waals surface area contributed by atoms with E-state index < -0.39 is 31.7 Å². The number of nitrogens with zero attached hydrogens (tertiary/aromatic N) is 9. The normalized spacial score (nSPS) is 20.2. The van der Waals surface area contributed by atoms with Gasteiger partial charge in [0.1, 0.15) is 22.5 Å². The van der Waals surface area contributed by atoms with Gasteiger partial charge in [0.25, 0.3) is 5.91 Å². The van der Waals surface area contributed by atoms with Crippen LogP contribution in [0.25, 0.3) is 11.2 Å². The Morgan fingerprint density at radius 1 is 0.925 bits per heavy atom. The van der Waals surface area contributed by atoms with E-state index in [1.807, 2.05) is 44.2 Å². The summed E-state index contributed by atoms with van der Waals surface area (Å²) in [5.74, 6) is -0.193. The van der Waals surface area contributed by atoms with E-state index in [0.29, 0.717) is 60.5 Å². The van der Waals surface area contributed by atoms with Crippen LogP contribution in [0.5, 0.6) is 0 Å². The van der Waals surface area contributed by atoms with E-state index in [0.717, 1.165) is 16.1 Å². The van der Waals surface area contributed by atoms with E-state index in [9.17, 15) is 26.4 Å². The van der Waals surface area contributed by atoms with E-state index in [2.05, 4.69) is 30.8 Å². The molecule has 2 fully saturated rings. The molecule has 278 valence electrons. The average molecular weight is 764 g/mol. The Hall–Kier alpha value is -5.50. The number of rotatable bonds is 7. The fraction of sp³-hybridized carbons (Fsp3) is 0.394. The first-order valence-electron chi connectivity index (χ1n) is 17.1. The molecule has 0 aliphatic carbocycles. The number of fused-ring (bicyclic) bond motifs is 2. The molecule has 1 aromatic carbocycles. The van der Waals surface area contributed by atoms with Crippen LogP contribution in [0.3, 0.4) is 0 Å². The third kappa shape index (κ3) is 7.15. The highest BCUT2D eigenvalue weighted by atomic mass is 32.2. The Morgan fingerprint density at radius 3 is 2.23 bits per heavy atom. The van der Waals surface area contributed by atoms with E-state index in [-0.39, 0.29) is 52.0 Å². The van der Waals surface area contributed by atoms with Gasteiger partial charge in [-0.3, -0.25) is 4.79 Å². The molecule has 2 unspecified atom stereocenters. The Labute approximate surface area is 304 Å². The maximum atomic E-state index is 12.7. The zero-order valence-electron chi connectivity index (χ0n) is 28.9. The number of sulfone groups is 2. The first-order valence-corrected chi connectivity index (χ1v) is 20.7. The minimum atomic E-state index is -3.12. The molecule has 3 N–H and O–H groups in total. The number of anilines is 1. The van der Waals surface area contributed by atoms with E-state index >= 15 is 0 Å². The van der Waals surface area contributed by atoms with Crippen LogP contribution < -0.4 is 15.9 Å². The van der Waals surface area contributed by atoms with Crippen LogP contribution in [-0.2, 0) is 32.5 Å². The van der Waals surface area contributed by atoms with Gasteiger partial charge in [-0.1, -0.05) is 44.2 Å². The molecule has 0 spiro atoms. The third-order valence-electron chi connectivity index (χ3n) is 9.30. The second-order valence-electron chi connectivity index (χ2n) is 12.9. The minimum absolute atomic E-state index is 0.0437. The number of aryl methyl sites for hydroxylation is 2. The van der Waals surface area contributed by atoms with Crippen molar-refractivity contribution in [1.29, 1.82) is 0 Å². The molecule has 7 heterocycles. The predicted molar refractivity (Wildman–Crippen MR) is 193 cm³/mol. The molecule has 53 heavy (non-hydrogen) atoms. The summed E-state index contributed by atoms with van der Waals surface area (Å²) >= 11 is 0. The fourth-order valence-electron chi connectivity index (χ4n) is 6.64. The number of nitrogen functional groups attached to an aromatic ring is 1. The number of carbonyl (C=O) groups excluding carboxylic acids is 2. The summed E-state index contributed by atoms with van der Waals surface area (Å²) in [5.41, 5.74) is 10.2. The number of hydrogen-bond donors (Lipinski definition) is 2. The van der Waals surface area contributed by atoms with Gasteiger partial charge in [0.15, 0.2) is 25.5 Å². The number of carbonyl (C=O) groups is 2. The summed E-state index contributed by atoms with van der Waals surface area (Å²) in [7, 11) is -6.19. The van der Waals surface area contributed by atoms with Crippen LogP contribution in [0, 0.1) is 0 Å². The molecular formula is C33H37N11O7S2. The Kier molecular flexibility index (Phi) is 9.58. The number of hydrogen-bond acceptors (Lipinski definition) is 14. The van der Waals surface area contributed by atoms with Gasteiger partial charge in [0, 0.05) is 6.20 Å². The standard InChI is InChI=1S/C18H20N4O3S.C15H17N7O4S/c1-2-14-16-17(22(21-14)13-8-9-26(24,25)11-13)20-15(10-19-18(16)23)12-6-4-3-5-7-12;1-2-10-12(13(16)21(19-10)9-5-7-27(24,25)8-9)15(23)26-22-14-11(18-20-22)4-3-6-17-14/h3-7,13H,2,8-11H2,1H3,(H,19,23);3-4,6,9H,2,5,7-8,16H2,1H3. The largest absolute Gasteiger partial charge is 0.383 e. The van der Waals surface area contributed by atoms with Crippen molar-refractivity contribution in [3.63, 3.8) is 0 Å². The molecule has 0 saturated carbocycles. The van der Waals surface area contributed by atoms with Crippen molar-refractivity contribution in [2.45, 2.75) is 51.6 Å². The quantitative estimate of drug-likeness (QED) is 0.224. The van der Waals surface area contributed by atoms with Gasteiger partial charge in [-0.25, -0.2) is 41.0 Å². The molecule has 2 saturated heterocycles. The van der Waals surface area contributed by atoms with Crippen LogP contribution in [0.15, 0.2) is 53.7 Å². The summed E-state index contributed by atoms with van der Waals surface area (Å²) in [6, 6.07) is 12.4. The van der Waals surface area contributed by atoms with Crippen molar-refractivity contribution in [3.8, 4) is 0 Å². The van der Waals surface area contributed by atoms with Crippen LogP contribution in [0.1, 0.15) is 76.4 Å². The van der Waals surface area contributed by atoms with Crippen LogP contribution in [0.2, 0.25) is 0 Å². The molecule has 0 bridgehead atoms. The Morgan fingerprint density at radius 2 is 1.58 bits per heavy atom. The third-order valence-corrected chi connectivity index (χ3v) is 12.8. The molecule has 18 nitrogen and oxygen atoms in total. The van der Waals surface area contributed by atoms with Gasteiger partial charge in [0.05, 0.1) is 58.7 Å².